The quantitative estimate of drug-likeness (QED) is 0.584. The molecule has 186 valence electrons. The number of nitrogens with zero attached hydrogens (tertiary/aromatic N) is 5. The van der Waals surface area contributed by atoms with E-state index in [1.807, 2.05) is 42.5 Å². The monoisotopic (exact) mass is 478 g/mol. The lowest BCUT2D eigenvalue weighted by Gasteiger charge is -2.37. The van der Waals surface area contributed by atoms with Crippen LogP contribution in [0.3, 0.4) is 0 Å². The highest BCUT2D eigenvalue weighted by Gasteiger charge is 2.32. The van der Waals surface area contributed by atoms with E-state index in [1.165, 1.54) is 0 Å². The van der Waals surface area contributed by atoms with Gasteiger partial charge in [-0.25, -0.2) is 9.67 Å². The number of hydrogen-bond acceptors (Lipinski definition) is 6. The Labute approximate surface area is 205 Å². The van der Waals surface area contributed by atoms with Crippen LogP contribution in [0.2, 0.25) is 0 Å². The molecule has 2 aliphatic rings. The van der Waals surface area contributed by atoms with E-state index in [2.05, 4.69) is 29.2 Å². The Kier molecular flexibility index (Phi) is 6.13. The smallest absolute Gasteiger partial charge is 0.254 e. The van der Waals surface area contributed by atoms with E-state index >= 15 is 0 Å². The van der Waals surface area contributed by atoms with Crippen molar-refractivity contribution in [3.8, 4) is 11.3 Å². The Bertz CT molecular complexity index is 1260. The minimum absolute atomic E-state index is 0.0328. The lowest BCUT2D eigenvalue weighted by molar-refractivity contribution is -0.126. The molecule has 4 heterocycles. The second-order valence-electron chi connectivity index (χ2n) is 10.1. The molecule has 3 aromatic rings. The summed E-state index contributed by atoms with van der Waals surface area (Å²) in [6, 6.07) is 4.10. The van der Waals surface area contributed by atoms with E-state index in [0.29, 0.717) is 49.1 Å². The van der Waals surface area contributed by atoms with Crippen LogP contribution in [-0.4, -0.2) is 74.6 Å². The highest BCUT2D eigenvalue weighted by molar-refractivity contribution is 6.06. The number of carbonyl (C=O) groups excluding carboxylic acids is 2. The normalized spacial score (nSPS) is 17.8. The maximum absolute atomic E-state index is 13.8. The summed E-state index contributed by atoms with van der Waals surface area (Å²) in [7, 11) is 0. The molecule has 1 saturated carbocycles. The standard InChI is InChI=1S/C26H34N6O3/c1-15(2)32-24-22(14-27-32)21(13-23(29-24)20-12-16(3)35-18(20)5)26(34)31-10-8-30(9-11-31)17(4)25(33)28-19-6-7-19/h12-15,17,19H,6-11H2,1-5H3,(H,28,33). The number of aromatic nitrogens is 3. The predicted molar refractivity (Wildman–Crippen MR) is 133 cm³/mol. The first-order valence-corrected chi connectivity index (χ1v) is 12.5. The molecule has 2 fully saturated rings. The van der Waals surface area contributed by atoms with Gasteiger partial charge in [0.1, 0.15) is 11.5 Å². The zero-order valence-corrected chi connectivity index (χ0v) is 21.2. The number of carbonyl (C=O) groups is 2. The van der Waals surface area contributed by atoms with Crippen molar-refractivity contribution in [3.05, 3.63) is 35.4 Å². The molecule has 1 aliphatic carbocycles. The summed E-state index contributed by atoms with van der Waals surface area (Å²) >= 11 is 0. The van der Waals surface area contributed by atoms with Crippen LogP contribution in [0.15, 0.2) is 22.7 Å². The van der Waals surface area contributed by atoms with Crippen molar-refractivity contribution in [2.45, 2.75) is 65.6 Å². The fraction of sp³-hybridized carbons (Fsp3) is 0.538. The first-order chi connectivity index (χ1) is 16.7. The van der Waals surface area contributed by atoms with Gasteiger partial charge in [-0.1, -0.05) is 0 Å². The van der Waals surface area contributed by atoms with Gasteiger partial charge in [0, 0.05) is 43.8 Å². The van der Waals surface area contributed by atoms with E-state index < -0.39 is 0 Å². The lowest BCUT2D eigenvalue weighted by Crippen LogP contribution is -2.55. The Morgan fingerprint density at radius 2 is 1.80 bits per heavy atom. The molecule has 5 rings (SSSR count). The summed E-state index contributed by atoms with van der Waals surface area (Å²) in [4.78, 5) is 35.2. The number of pyridine rings is 1. The van der Waals surface area contributed by atoms with Crippen LogP contribution in [0.4, 0.5) is 0 Å². The lowest BCUT2D eigenvalue weighted by atomic mass is 10.1. The maximum Gasteiger partial charge on any atom is 0.254 e. The number of hydrogen-bond donors (Lipinski definition) is 1. The SMILES string of the molecule is Cc1cc(-c2cc(C(=O)N3CCN(C(C)C(=O)NC4CC4)CC3)c3cnn(C(C)C)c3n2)c(C)o1. The summed E-state index contributed by atoms with van der Waals surface area (Å²) in [5.74, 6) is 1.63. The van der Waals surface area contributed by atoms with Crippen molar-refractivity contribution in [3.63, 3.8) is 0 Å². The van der Waals surface area contributed by atoms with Crippen LogP contribution in [0.25, 0.3) is 22.3 Å². The van der Waals surface area contributed by atoms with E-state index in [9.17, 15) is 9.59 Å². The van der Waals surface area contributed by atoms with Gasteiger partial charge in [-0.15, -0.1) is 0 Å². The van der Waals surface area contributed by atoms with Crippen LogP contribution in [0, 0.1) is 13.8 Å². The molecule has 1 aliphatic heterocycles. The average Bonchev–Trinajstić information content (AvgIpc) is 3.43. The fourth-order valence-corrected chi connectivity index (χ4v) is 4.79. The summed E-state index contributed by atoms with van der Waals surface area (Å²) in [5.41, 5.74) is 2.89. The molecule has 0 bridgehead atoms. The van der Waals surface area contributed by atoms with E-state index in [4.69, 9.17) is 9.40 Å². The summed E-state index contributed by atoms with van der Waals surface area (Å²) < 4.78 is 7.60. The number of nitrogens with one attached hydrogen (secondary N) is 1. The molecule has 2 amide bonds. The third kappa shape index (κ3) is 4.57. The Balaban J connectivity index is 1.41. The third-order valence-electron chi connectivity index (χ3n) is 7.06. The number of fused-ring (bicyclic) bond motifs is 1. The zero-order valence-electron chi connectivity index (χ0n) is 21.2. The van der Waals surface area contributed by atoms with Crippen LogP contribution in [-0.2, 0) is 4.79 Å². The van der Waals surface area contributed by atoms with Crippen molar-refractivity contribution < 1.29 is 14.0 Å². The Hall–Kier alpha value is -3.20. The van der Waals surface area contributed by atoms with E-state index in [0.717, 1.165) is 35.3 Å². The fourth-order valence-electron chi connectivity index (χ4n) is 4.79. The number of rotatable bonds is 6. The average molecular weight is 479 g/mol. The topological polar surface area (TPSA) is 96.5 Å². The first-order valence-electron chi connectivity index (χ1n) is 12.5. The van der Waals surface area contributed by atoms with Crippen molar-refractivity contribution in [2.24, 2.45) is 0 Å². The molecule has 3 aromatic heterocycles. The summed E-state index contributed by atoms with van der Waals surface area (Å²) in [6.45, 7) is 12.3. The molecule has 0 radical (unpaired) electrons. The van der Waals surface area contributed by atoms with E-state index in [1.54, 1.807) is 6.20 Å². The highest BCUT2D eigenvalue weighted by atomic mass is 16.3. The van der Waals surface area contributed by atoms with Gasteiger partial charge in [0.05, 0.1) is 28.9 Å². The minimum Gasteiger partial charge on any atom is -0.466 e. The van der Waals surface area contributed by atoms with Gasteiger partial charge in [0.25, 0.3) is 5.91 Å². The van der Waals surface area contributed by atoms with Crippen LogP contribution < -0.4 is 5.32 Å². The Morgan fingerprint density at radius 1 is 1.09 bits per heavy atom. The minimum atomic E-state index is -0.191. The van der Waals surface area contributed by atoms with Crippen molar-refractivity contribution in [2.75, 3.05) is 26.2 Å². The second-order valence-corrected chi connectivity index (χ2v) is 10.1. The van der Waals surface area contributed by atoms with Crippen molar-refractivity contribution in [1.29, 1.82) is 0 Å². The van der Waals surface area contributed by atoms with Gasteiger partial charge in [-0.05, 0) is 59.6 Å². The largest absolute Gasteiger partial charge is 0.466 e. The molecule has 9 heteroatoms. The number of piperazine rings is 1. The van der Waals surface area contributed by atoms with Gasteiger partial charge in [0.15, 0.2) is 5.65 Å². The molecule has 1 unspecified atom stereocenters. The van der Waals surface area contributed by atoms with Crippen molar-refractivity contribution >= 4 is 22.8 Å². The van der Waals surface area contributed by atoms with Crippen LogP contribution in [0.5, 0.6) is 0 Å². The molecule has 0 spiro atoms. The molecule has 0 aromatic carbocycles. The molecule has 1 N–H and O–H groups in total. The number of aryl methyl sites for hydroxylation is 2. The zero-order chi connectivity index (χ0) is 24.9. The van der Waals surface area contributed by atoms with Crippen LogP contribution >= 0.6 is 0 Å². The first kappa shape index (κ1) is 23.5. The van der Waals surface area contributed by atoms with Crippen LogP contribution in [0.1, 0.15) is 61.5 Å². The number of furan rings is 1. The Morgan fingerprint density at radius 3 is 2.40 bits per heavy atom. The molecular formula is C26H34N6O3. The maximum atomic E-state index is 13.8. The molecule has 1 atom stereocenters. The van der Waals surface area contributed by atoms with Gasteiger partial charge in [-0.2, -0.15) is 5.10 Å². The molecular weight excluding hydrogens is 444 g/mol. The summed E-state index contributed by atoms with van der Waals surface area (Å²) in [5, 5.41) is 8.38. The van der Waals surface area contributed by atoms with Crippen molar-refractivity contribution in [1.82, 2.24) is 29.9 Å². The van der Waals surface area contributed by atoms with E-state index in [-0.39, 0.29) is 23.9 Å². The van der Waals surface area contributed by atoms with Gasteiger partial charge < -0.3 is 14.6 Å². The molecule has 35 heavy (non-hydrogen) atoms. The molecule has 9 nitrogen and oxygen atoms in total. The highest BCUT2D eigenvalue weighted by Crippen LogP contribution is 2.31. The van der Waals surface area contributed by atoms with Gasteiger partial charge in [-0.3, -0.25) is 14.5 Å². The molecule has 1 saturated heterocycles. The predicted octanol–water partition coefficient (Wildman–Crippen LogP) is 3.31. The van der Waals surface area contributed by atoms with Gasteiger partial charge >= 0.3 is 0 Å². The second kappa shape index (κ2) is 9.11. The third-order valence-corrected chi connectivity index (χ3v) is 7.06. The summed E-state index contributed by atoms with van der Waals surface area (Å²) in [6.07, 6.45) is 3.90. The number of amides is 2. The van der Waals surface area contributed by atoms with Gasteiger partial charge in [0.2, 0.25) is 5.91 Å².